The summed E-state index contributed by atoms with van der Waals surface area (Å²) in [5.41, 5.74) is 3.71. The van der Waals surface area contributed by atoms with Crippen LogP contribution in [0.15, 0.2) is 72.8 Å². The minimum Gasteiger partial charge on any atom is -0.481 e. The number of hydrogen-bond donors (Lipinski definition) is 3. The van der Waals surface area contributed by atoms with E-state index in [4.69, 9.17) is 14.7 Å². The van der Waals surface area contributed by atoms with Crippen molar-refractivity contribution in [1.29, 1.82) is 0 Å². The van der Waals surface area contributed by atoms with Crippen LogP contribution in [0.5, 0.6) is 0 Å². The molecule has 3 aromatic rings. The first-order chi connectivity index (χ1) is 16.4. The van der Waals surface area contributed by atoms with E-state index >= 15 is 0 Å². The van der Waals surface area contributed by atoms with Gasteiger partial charge in [-0.2, -0.15) is 0 Å². The molecular weight excluding hydrogens is 440 g/mol. The zero-order valence-corrected chi connectivity index (χ0v) is 18.2. The summed E-state index contributed by atoms with van der Waals surface area (Å²) in [6, 6.07) is 20.7. The molecule has 0 heterocycles. The molecule has 0 radical (unpaired) electrons. The van der Waals surface area contributed by atoms with E-state index in [1.54, 1.807) is 24.3 Å². The number of Topliss-reactive ketones (excluding diaryl/α,β-unsaturated/α-hetero) is 1. The van der Waals surface area contributed by atoms with Crippen LogP contribution >= 0.6 is 0 Å². The van der Waals surface area contributed by atoms with Gasteiger partial charge in [0.2, 0.25) is 5.91 Å². The van der Waals surface area contributed by atoms with Crippen LogP contribution in [0.4, 0.5) is 4.79 Å². The maximum absolute atomic E-state index is 12.4. The van der Waals surface area contributed by atoms with Crippen molar-refractivity contribution in [3.8, 4) is 0 Å². The number of aliphatic carboxylic acids is 1. The number of carboxylic acids is 1. The molecule has 3 N–H and O–H groups in total. The predicted molar refractivity (Wildman–Crippen MR) is 123 cm³/mol. The van der Waals surface area contributed by atoms with E-state index in [-0.39, 0.29) is 13.0 Å². The summed E-state index contributed by atoms with van der Waals surface area (Å²) >= 11 is 0. The molecule has 3 rings (SSSR count). The van der Waals surface area contributed by atoms with Crippen molar-refractivity contribution in [1.82, 2.24) is 10.8 Å². The molecule has 0 aliphatic heterocycles. The van der Waals surface area contributed by atoms with Gasteiger partial charge < -0.3 is 15.2 Å². The van der Waals surface area contributed by atoms with Crippen LogP contribution in [-0.4, -0.2) is 41.5 Å². The summed E-state index contributed by atoms with van der Waals surface area (Å²) < 4.78 is 5.03. The van der Waals surface area contributed by atoms with E-state index < -0.39 is 42.8 Å². The van der Waals surface area contributed by atoms with Crippen LogP contribution in [0.3, 0.4) is 0 Å². The number of hydroxylamine groups is 1. The van der Waals surface area contributed by atoms with Crippen LogP contribution < -0.4 is 10.8 Å². The maximum atomic E-state index is 12.4. The molecule has 0 saturated heterocycles. The minimum atomic E-state index is -1.38. The summed E-state index contributed by atoms with van der Waals surface area (Å²) in [4.78, 5) is 52.8. The van der Waals surface area contributed by atoms with E-state index in [0.29, 0.717) is 0 Å². The standard InChI is InChI=1S/C25H24N2O7/c28-22(21(14-24(30)31)26-25(32)33-15-17-7-2-1-3-8-17)16-34-27-23(29)13-19-11-6-10-18-9-4-5-12-20(18)19/h1-12,21H,13-16H2,(H,26,32)(H,27,29)(H,30,31). The first-order valence-corrected chi connectivity index (χ1v) is 10.5. The lowest BCUT2D eigenvalue weighted by molar-refractivity contribution is -0.143. The molecule has 3 aromatic carbocycles. The third-order valence-corrected chi connectivity index (χ3v) is 4.90. The zero-order valence-electron chi connectivity index (χ0n) is 18.2. The highest BCUT2D eigenvalue weighted by atomic mass is 16.7. The molecule has 0 saturated carbocycles. The highest BCUT2D eigenvalue weighted by molar-refractivity contribution is 5.92. The molecule has 0 bridgehead atoms. The molecule has 1 unspecified atom stereocenters. The van der Waals surface area contributed by atoms with E-state index in [9.17, 15) is 19.2 Å². The number of nitrogens with one attached hydrogen (secondary N) is 2. The lowest BCUT2D eigenvalue weighted by Crippen LogP contribution is -2.45. The van der Waals surface area contributed by atoms with E-state index in [1.165, 1.54) is 0 Å². The van der Waals surface area contributed by atoms with Crippen LogP contribution in [0.2, 0.25) is 0 Å². The van der Waals surface area contributed by atoms with Gasteiger partial charge in [-0.05, 0) is 21.9 Å². The molecule has 1 atom stereocenters. The number of carboxylic acid groups (broad SMARTS) is 1. The van der Waals surface area contributed by atoms with Gasteiger partial charge in [0.15, 0.2) is 5.78 Å². The smallest absolute Gasteiger partial charge is 0.408 e. The molecule has 176 valence electrons. The third-order valence-electron chi connectivity index (χ3n) is 4.90. The van der Waals surface area contributed by atoms with Gasteiger partial charge in [-0.1, -0.05) is 72.8 Å². The van der Waals surface area contributed by atoms with Crippen molar-refractivity contribution >= 4 is 34.5 Å². The average Bonchev–Trinajstić information content (AvgIpc) is 2.83. The first kappa shape index (κ1) is 24.4. The number of ether oxygens (including phenoxy) is 1. The average molecular weight is 464 g/mol. The largest absolute Gasteiger partial charge is 0.481 e. The summed E-state index contributed by atoms with van der Waals surface area (Å²) in [6.07, 6.45) is -1.58. The predicted octanol–water partition coefficient (Wildman–Crippen LogP) is 2.77. The van der Waals surface area contributed by atoms with Gasteiger partial charge >= 0.3 is 12.1 Å². The number of rotatable bonds is 11. The lowest BCUT2D eigenvalue weighted by Gasteiger charge is -2.16. The van der Waals surface area contributed by atoms with Crippen molar-refractivity contribution in [3.05, 3.63) is 83.9 Å². The minimum absolute atomic E-state index is 0.0260. The molecular formula is C25H24N2O7. The number of carbonyl (C=O) groups is 4. The molecule has 0 aliphatic carbocycles. The van der Waals surface area contributed by atoms with E-state index in [2.05, 4.69) is 10.8 Å². The Morgan fingerprint density at radius 2 is 1.59 bits per heavy atom. The second kappa shape index (κ2) is 12.1. The fraction of sp³-hybridized carbons (Fsp3) is 0.200. The summed E-state index contributed by atoms with van der Waals surface area (Å²) in [6.45, 7) is -0.667. The Labute approximate surface area is 195 Å². The normalized spacial score (nSPS) is 11.4. The van der Waals surface area contributed by atoms with Gasteiger partial charge in [-0.15, -0.1) is 0 Å². The van der Waals surface area contributed by atoms with Gasteiger partial charge in [0.1, 0.15) is 19.3 Å². The Hall–Kier alpha value is -4.24. The van der Waals surface area contributed by atoms with Crippen molar-refractivity contribution in [2.75, 3.05) is 6.61 Å². The Balaban J connectivity index is 1.48. The molecule has 9 nitrogen and oxygen atoms in total. The van der Waals surface area contributed by atoms with Crippen LogP contribution in [-0.2, 0) is 37.0 Å². The number of benzene rings is 3. The Kier molecular flexibility index (Phi) is 8.70. The number of fused-ring (bicyclic) bond motifs is 1. The number of hydrogen-bond acceptors (Lipinski definition) is 6. The number of amides is 2. The molecule has 9 heteroatoms. The molecule has 34 heavy (non-hydrogen) atoms. The van der Waals surface area contributed by atoms with Crippen molar-refractivity contribution in [3.63, 3.8) is 0 Å². The zero-order chi connectivity index (χ0) is 24.3. The van der Waals surface area contributed by atoms with Gasteiger partial charge in [0.25, 0.3) is 0 Å². The fourth-order valence-corrected chi connectivity index (χ4v) is 3.27. The van der Waals surface area contributed by atoms with Crippen LogP contribution in [0.1, 0.15) is 17.5 Å². The second-order valence-corrected chi connectivity index (χ2v) is 7.45. The highest BCUT2D eigenvalue weighted by Gasteiger charge is 2.25. The quantitative estimate of drug-likeness (QED) is 0.372. The second-order valence-electron chi connectivity index (χ2n) is 7.45. The summed E-state index contributed by atoms with van der Waals surface area (Å²) in [7, 11) is 0. The Morgan fingerprint density at radius 1 is 0.882 bits per heavy atom. The number of alkyl carbamates (subject to hydrolysis) is 1. The van der Waals surface area contributed by atoms with Gasteiger partial charge in [-0.3, -0.25) is 19.2 Å². The monoisotopic (exact) mass is 464 g/mol. The SMILES string of the molecule is O=C(O)CC(NC(=O)OCc1ccccc1)C(=O)CONC(=O)Cc1cccc2ccccc12. The Bertz CT molecular complexity index is 1160. The first-order valence-electron chi connectivity index (χ1n) is 10.5. The van der Waals surface area contributed by atoms with Crippen LogP contribution in [0, 0.1) is 0 Å². The Morgan fingerprint density at radius 3 is 2.35 bits per heavy atom. The highest BCUT2D eigenvalue weighted by Crippen LogP contribution is 2.18. The van der Waals surface area contributed by atoms with Crippen LogP contribution in [0.25, 0.3) is 10.8 Å². The molecule has 0 spiro atoms. The third kappa shape index (κ3) is 7.42. The lowest BCUT2D eigenvalue weighted by atomic mass is 10.0. The fourth-order valence-electron chi connectivity index (χ4n) is 3.27. The van der Waals surface area contributed by atoms with E-state index in [1.807, 2.05) is 48.5 Å². The maximum Gasteiger partial charge on any atom is 0.408 e. The number of carbonyl (C=O) groups excluding carboxylic acids is 3. The van der Waals surface area contributed by atoms with Crippen molar-refractivity contribution < 1.29 is 33.9 Å². The van der Waals surface area contributed by atoms with Gasteiger partial charge in [0, 0.05) is 0 Å². The molecule has 0 aliphatic rings. The summed E-state index contributed by atoms with van der Waals surface area (Å²) in [5, 5.41) is 13.2. The van der Waals surface area contributed by atoms with Crippen molar-refractivity contribution in [2.45, 2.75) is 25.5 Å². The van der Waals surface area contributed by atoms with Gasteiger partial charge in [-0.25, -0.2) is 10.3 Å². The van der Waals surface area contributed by atoms with Gasteiger partial charge in [0.05, 0.1) is 12.8 Å². The van der Waals surface area contributed by atoms with E-state index in [0.717, 1.165) is 21.9 Å². The summed E-state index contributed by atoms with van der Waals surface area (Å²) in [5.74, 6) is -2.50. The van der Waals surface area contributed by atoms with Crippen molar-refractivity contribution in [2.24, 2.45) is 0 Å². The molecule has 2 amide bonds. The topological polar surface area (TPSA) is 131 Å². The molecule has 0 aromatic heterocycles. The number of ketones is 1. The molecule has 0 fully saturated rings.